The van der Waals surface area contributed by atoms with E-state index in [0.29, 0.717) is 29.6 Å². The molecule has 1 aromatic carbocycles. The zero-order valence-corrected chi connectivity index (χ0v) is 11.1. The van der Waals surface area contributed by atoms with Crippen molar-refractivity contribution in [2.45, 2.75) is 31.8 Å². The number of rotatable bonds is 2. The molecule has 0 unspecified atom stereocenters. The van der Waals surface area contributed by atoms with Gasteiger partial charge >= 0.3 is 0 Å². The third kappa shape index (κ3) is 2.14. The molecule has 102 valence electrons. The second-order valence-electron chi connectivity index (χ2n) is 5.27. The molecule has 3 rings (SSSR count). The van der Waals surface area contributed by atoms with E-state index in [1.54, 1.807) is 24.3 Å². The van der Waals surface area contributed by atoms with E-state index in [1.165, 1.54) is 6.08 Å². The number of Topliss-reactive ketones (excluding diaryl/α,β-unsaturated/α-hetero) is 1. The predicted octanol–water partition coefficient (Wildman–Crippen LogP) is 2.67. The lowest BCUT2D eigenvalue weighted by Crippen LogP contribution is -2.24. The number of aliphatic hydroxyl groups is 1. The Balaban J connectivity index is 1.96. The van der Waals surface area contributed by atoms with Crippen LogP contribution in [0.5, 0.6) is 0 Å². The van der Waals surface area contributed by atoms with E-state index in [0.717, 1.165) is 12.8 Å². The fourth-order valence-electron chi connectivity index (χ4n) is 2.91. The molecule has 3 heteroatoms. The number of carbonyl (C=O) groups is 2. The molecule has 0 fully saturated rings. The van der Waals surface area contributed by atoms with Gasteiger partial charge in [0.05, 0.1) is 0 Å². The number of ketones is 2. The largest absolute Gasteiger partial charge is 0.384 e. The molecule has 0 aromatic heterocycles. The van der Waals surface area contributed by atoms with Gasteiger partial charge in [0.25, 0.3) is 0 Å². The molecule has 20 heavy (non-hydrogen) atoms. The normalized spacial score (nSPS) is 20.6. The number of hydrogen-bond acceptors (Lipinski definition) is 3. The van der Waals surface area contributed by atoms with Crippen LogP contribution in [-0.4, -0.2) is 16.7 Å². The van der Waals surface area contributed by atoms with E-state index in [1.807, 2.05) is 6.07 Å². The summed E-state index contributed by atoms with van der Waals surface area (Å²) in [7, 11) is 0. The first-order valence-corrected chi connectivity index (χ1v) is 6.94. The van der Waals surface area contributed by atoms with Crippen molar-refractivity contribution >= 4 is 11.6 Å². The standard InChI is InChI=1S/C17H16O3/c18-15-10-14(16(19)11-6-2-1-3-7-11)17(20)13-9-5-4-8-12(13)15/h1-3,6-7,10,16,19H,4-5,8-9H2/t16-/m0/s1. The summed E-state index contributed by atoms with van der Waals surface area (Å²) in [6, 6.07) is 8.97. The van der Waals surface area contributed by atoms with E-state index in [4.69, 9.17) is 0 Å². The van der Waals surface area contributed by atoms with Gasteiger partial charge in [-0.3, -0.25) is 9.59 Å². The highest BCUT2D eigenvalue weighted by Gasteiger charge is 2.33. The van der Waals surface area contributed by atoms with Crippen molar-refractivity contribution in [3.8, 4) is 0 Å². The molecule has 0 spiro atoms. The average Bonchev–Trinajstić information content (AvgIpc) is 2.51. The third-order valence-electron chi connectivity index (χ3n) is 4.00. The highest BCUT2D eigenvalue weighted by molar-refractivity contribution is 6.23. The maximum Gasteiger partial charge on any atom is 0.188 e. The van der Waals surface area contributed by atoms with E-state index in [2.05, 4.69) is 0 Å². The fraction of sp³-hybridized carbons (Fsp3) is 0.294. The van der Waals surface area contributed by atoms with Crippen molar-refractivity contribution in [2.75, 3.05) is 0 Å². The Hall–Kier alpha value is -2.00. The van der Waals surface area contributed by atoms with Crippen LogP contribution in [0.4, 0.5) is 0 Å². The lowest BCUT2D eigenvalue weighted by molar-refractivity contribution is -0.117. The van der Waals surface area contributed by atoms with Crippen LogP contribution in [0.2, 0.25) is 0 Å². The first-order chi connectivity index (χ1) is 9.68. The van der Waals surface area contributed by atoms with Gasteiger partial charge in [-0.25, -0.2) is 0 Å². The van der Waals surface area contributed by atoms with Crippen LogP contribution in [0.1, 0.15) is 37.4 Å². The lowest BCUT2D eigenvalue weighted by atomic mass is 9.79. The molecule has 1 atom stereocenters. The number of hydrogen-bond donors (Lipinski definition) is 1. The van der Waals surface area contributed by atoms with Crippen LogP contribution in [0.3, 0.4) is 0 Å². The van der Waals surface area contributed by atoms with Gasteiger partial charge in [-0.1, -0.05) is 30.3 Å². The summed E-state index contributed by atoms with van der Waals surface area (Å²) >= 11 is 0. The van der Waals surface area contributed by atoms with Crippen LogP contribution in [-0.2, 0) is 9.59 Å². The molecule has 0 amide bonds. The molecule has 1 N–H and O–H groups in total. The maximum absolute atomic E-state index is 12.5. The number of aliphatic hydroxyl groups excluding tert-OH is 1. The van der Waals surface area contributed by atoms with Crippen molar-refractivity contribution in [3.05, 3.63) is 58.7 Å². The van der Waals surface area contributed by atoms with E-state index in [9.17, 15) is 14.7 Å². The highest BCUT2D eigenvalue weighted by atomic mass is 16.3. The van der Waals surface area contributed by atoms with Gasteiger partial charge in [0.2, 0.25) is 0 Å². The smallest absolute Gasteiger partial charge is 0.188 e. The SMILES string of the molecule is O=C1C=C([C@@H](O)c2ccccc2)C(=O)C2=C1CCCC2. The Labute approximate surface area is 117 Å². The summed E-state index contributed by atoms with van der Waals surface area (Å²) in [5, 5.41) is 10.4. The average molecular weight is 268 g/mol. The molecule has 0 saturated heterocycles. The molecule has 0 saturated carbocycles. The first-order valence-electron chi connectivity index (χ1n) is 6.94. The second kappa shape index (κ2) is 5.17. The molecule has 1 aromatic rings. The Bertz CT molecular complexity index is 623. The topological polar surface area (TPSA) is 54.4 Å². The lowest BCUT2D eigenvalue weighted by Gasteiger charge is -2.25. The zero-order valence-electron chi connectivity index (χ0n) is 11.1. The minimum atomic E-state index is -1.02. The summed E-state index contributed by atoms with van der Waals surface area (Å²) in [4.78, 5) is 24.6. The second-order valence-corrected chi connectivity index (χ2v) is 5.27. The van der Waals surface area contributed by atoms with Crippen molar-refractivity contribution in [3.63, 3.8) is 0 Å². The van der Waals surface area contributed by atoms with Gasteiger partial charge in [0, 0.05) is 16.7 Å². The maximum atomic E-state index is 12.5. The highest BCUT2D eigenvalue weighted by Crippen LogP contribution is 2.35. The molecule has 0 aliphatic heterocycles. The van der Waals surface area contributed by atoms with Gasteiger partial charge in [-0.15, -0.1) is 0 Å². The molecule has 0 bridgehead atoms. The zero-order chi connectivity index (χ0) is 14.1. The summed E-state index contributed by atoms with van der Waals surface area (Å²) in [5.41, 5.74) is 2.13. The Kier molecular flexibility index (Phi) is 3.36. The monoisotopic (exact) mass is 268 g/mol. The Morgan fingerprint density at radius 2 is 1.60 bits per heavy atom. The number of carbonyl (C=O) groups excluding carboxylic acids is 2. The van der Waals surface area contributed by atoms with E-state index in [-0.39, 0.29) is 17.1 Å². The molecule has 0 radical (unpaired) electrons. The van der Waals surface area contributed by atoms with Crippen LogP contribution >= 0.6 is 0 Å². The molecule has 2 aliphatic rings. The Morgan fingerprint density at radius 1 is 0.950 bits per heavy atom. The third-order valence-corrected chi connectivity index (χ3v) is 4.00. The van der Waals surface area contributed by atoms with Gasteiger partial charge < -0.3 is 5.11 Å². The molecular formula is C17H16O3. The predicted molar refractivity (Wildman–Crippen MR) is 75.0 cm³/mol. The summed E-state index contributed by atoms with van der Waals surface area (Å²) in [6.07, 6.45) is 3.53. The van der Waals surface area contributed by atoms with E-state index < -0.39 is 6.10 Å². The van der Waals surface area contributed by atoms with Crippen molar-refractivity contribution < 1.29 is 14.7 Å². The van der Waals surface area contributed by atoms with Crippen molar-refractivity contribution in [2.24, 2.45) is 0 Å². The number of allylic oxidation sites excluding steroid dienone is 3. The Morgan fingerprint density at radius 3 is 2.30 bits per heavy atom. The fourth-order valence-corrected chi connectivity index (χ4v) is 2.91. The van der Waals surface area contributed by atoms with Gasteiger partial charge in [0.15, 0.2) is 11.6 Å². The summed E-state index contributed by atoms with van der Waals surface area (Å²) < 4.78 is 0. The molecule has 2 aliphatic carbocycles. The summed E-state index contributed by atoms with van der Waals surface area (Å²) in [6.45, 7) is 0. The van der Waals surface area contributed by atoms with Crippen LogP contribution in [0.15, 0.2) is 53.1 Å². The van der Waals surface area contributed by atoms with Gasteiger partial charge in [-0.05, 0) is 37.3 Å². The first kappa shape index (κ1) is 13.0. The molecule has 0 heterocycles. The minimum absolute atomic E-state index is 0.107. The van der Waals surface area contributed by atoms with Crippen LogP contribution in [0.25, 0.3) is 0 Å². The number of benzene rings is 1. The van der Waals surface area contributed by atoms with Crippen LogP contribution < -0.4 is 0 Å². The molecule has 3 nitrogen and oxygen atoms in total. The van der Waals surface area contributed by atoms with Gasteiger partial charge in [0.1, 0.15) is 6.10 Å². The van der Waals surface area contributed by atoms with E-state index >= 15 is 0 Å². The molecular weight excluding hydrogens is 252 g/mol. The van der Waals surface area contributed by atoms with Crippen molar-refractivity contribution in [1.29, 1.82) is 0 Å². The van der Waals surface area contributed by atoms with Crippen LogP contribution in [0, 0.1) is 0 Å². The summed E-state index contributed by atoms with van der Waals surface area (Å²) in [5.74, 6) is -0.264. The van der Waals surface area contributed by atoms with Crippen molar-refractivity contribution in [1.82, 2.24) is 0 Å². The van der Waals surface area contributed by atoms with Gasteiger partial charge in [-0.2, -0.15) is 0 Å². The quantitative estimate of drug-likeness (QED) is 0.839. The minimum Gasteiger partial charge on any atom is -0.384 e.